The van der Waals surface area contributed by atoms with Gasteiger partial charge in [0.15, 0.2) is 0 Å². The van der Waals surface area contributed by atoms with Crippen molar-refractivity contribution in [2.24, 2.45) is 7.05 Å². The number of halogens is 1. The van der Waals surface area contributed by atoms with Crippen LogP contribution in [-0.2, 0) is 17.3 Å². The van der Waals surface area contributed by atoms with Crippen molar-refractivity contribution in [1.82, 2.24) is 20.4 Å². The molecule has 1 saturated carbocycles. The molecule has 3 rings (SSSR count). The Hall–Kier alpha value is -1.85. The first-order valence-electron chi connectivity index (χ1n) is 8.05. The average molecular weight is 349 g/mol. The quantitative estimate of drug-likeness (QED) is 0.841. The summed E-state index contributed by atoms with van der Waals surface area (Å²) in [5.74, 6) is 0.000333. The van der Waals surface area contributed by atoms with Gasteiger partial charge in [0.05, 0.1) is 6.20 Å². The van der Waals surface area contributed by atoms with E-state index in [-0.39, 0.29) is 29.8 Å². The zero-order valence-corrected chi connectivity index (χ0v) is 15.2. The molecule has 1 amide bonds. The first-order valence-corrected chi connectivity index (χ1v) is 8.05. The van der Waals surface area contributed by atoms with Crippen LogP contribution in [0.4, 0.5) is 0 Å². The highest BCUT2D eigenvalue weighted by Crippen LogP contribution is 2.48. The fourth-order valence-corrected chi connectivity index (χ4v) is 3.26. The summed E-state index contributed by atoms with van der Waals surface area (Å²) in [7, 11) is 3.65. The van der Waals surface area contributed by atoms with Crippen molar-refractivity contribution in [3.63, 3.8) is 0 Å². The van der Waals surface area contributed by atoms with E-state index in [1.165, 1.54) is 11.1 Å². The normalized spacial score (nSPS) is 16.1. The third kappa shape index (κ3) is 3.62. The van der Waals surface area contributed by atoms with Crippen molar-refractivity contribution in [3.05, 3.63) is 53.3 Å². The van der Waals surface area contributed by atoms with Crippen LogP contribution >= 0.6 is 12.4 Å². The Bertz CT molecular complexity index is 709. The molecule has 0 radical (unpaired) electrons. The number of aryl methyl sites for hydroxylation is 2. The van der Waals surface area contributed by atoms with E-state index in [9.17, 15) is 4.79 Å². The fraction of sp³-hybridized carbons (Fsp3) is 0.444. The molecule has 0 bridgehead atoms. The van der Waals surface area contributed by atoms with E-state index in [0.717, 1.165) is 18.4 Å². The number of likely N-dealkylation sites (N-methyl/N-ethyl adjacent to an activating group) is 1. The summed E-state index contributed by atoms with van der Waals surface area (Å²) in [4.78, 5) is 12.6. The molecule has 1 aliphatic rings. The SMILES string of the molecule is CNC(C(=O)NCC1(c2ccccc2C)CC1)c1cnn(C)c1.Cl. The van der Waals surface area contributed by atoms with Gasteiger partial charge >= 0.3 is 0 Å². The van der Waals surface area contributed by atoms with Crippen LogP contribution in [0, 0.1) is 6.92 Å². The summed E-state index contributed by atoms with van der Waals surface area (Å²) in [6.45, 7) is 2.83. The van der Waals surface area contributed by atoms with Crippen LogP contribution in [0.5, 0.6) is 0 Å². The zero-order valence-electron chi connectivity index (χ0n) is 14.4. The Morgan fingerprint density at radius 2 is 2.08 bits per heavy atom. The molecule has 1 atom stereocenters. The molecule has 1 aliphatic carbocycles. The number of carbonyl (C=O) groups is 1. The molecule has 0 spiro atoms. The molecule has 0 saturated heterocycles. The number of benzene rings is 1. The third-order valence-electron chi connectivity index (χ3n) is 4.78. The van der Waals surface area contributed by atoms with Crippen molar-refractivity contribution >= 4 is 18.3 Å². The second-order valence-electron chi connectivity index (χ2n) is 6.48. The highest BCUT2D eigenvalue weighted by atomic mass is 35.5. The Morgan fingerprint density at radius 1 is 1.38 bits per heavy atom. The van der Waals surface area contributed by atoms with E-state index >= 15 is 0 Å². The minimum Gasteiger partial charge on any atom is -0.354 e. The molecule has 24 heavy (non-hydrogen) atoms. The lowest BCUT2D eigenvalue weighted by atomic mass is 9.91. The number of amides is 1. The highest BCUT2D eigenvalue weighted by molar-refractivity contribution is 5.85. The zero-order chi connectivity index (χ0) is 16.4. The number of hydrogen-bond donors (Lipinski definition) is 2. The summed E-state index contributed by atoms with van der Waals surface area (Å²) in [5, 5.41) is 10.4. The molecule has 1 aromatic carbocycles. The molecule has 0 aliphatic heterocycles. The minimum atomic E-state index is -0.364. The molecule has 2 N–H and O–H groups in total. The van der Waals surface area contributed by atoms with Gasteiger partial charge in [-0.3, -0.25) is 9.48 Å². The largest absolute Gasteiger partial charge is 0.354 e. The van der Waals surface area contributed by atoms with Crippen molar-refractivity contribution in [1.29, 1.82) is 0 Å². The van der Waals surface area contributed by atoms with E-state index < -0.39 is 0 Å². The van der Waals surface area contributed by atoms with Gasteiger partial charge in [0.25, 0.3) is 0 Å². The van der Waals surface area contributed by atoms with Gasteiger partial charge in [-0.15, -0.1) is 12.4 Å². The average Bonchev–Trinajstić information content (AvgIpc) is 3.21. The highest BCUT2D eigenvalue weighted by Gasteiger charge is 2.45. The molecule has 1 heterocycles. The van der Waals surface area contributed by atoms with Crippen LogP contribution < -0.4 is 10.6 Å². The van der Waals surface area contributed by atoms with Gasteiger partial charge in [0.1, 0.15) is 6.04 Å². The van der Waals surface area contributed by atoms with E-state index in [0.29, 0.717) is 6.54 Å². The lowest BCUT2D eigenvalue weighted by molar-refractivity contribution is -0.123. The third-order valence-corrected chi connectivity index (χ3v) is 4.78. The van der Waals surface area contributed by atoms with E-state index in [4.69, 9.17) is 0 Å². The maximum Gasteiger partial charge on any atom is 0.241 e. The fourth-order valence-electron chi connectivity index (χ4n) is 3.26. The summed E-state index contributed by atoms with van der Waals surface area (Å²) in [6, 6.07) is 8.11. The predicted molar refractivity (Wildman–Crippen MR) is 97.4 cm³/mol. The summed E-state index contributed by atoms with van der Waals surface area (Å²) in [5.41, 5.74) is 3.67. The van der Waals surface area contributed by atoms with Gasteiger partial charge < -0.3 is 10.6 Å². The number of nitrogens with zero attached hydrogens (tertiary/aromatic N) is 2. The van der Waals surface area contributed by atoms with Crippen LogP contribution in [0.2, 0.25) is 0 Å². The first kappa shape index (κ1) is 18.5. The molecule has 6 heteroatoms. The smallest absolute Gasteiger partial charge is 0.241 e. The lowest BCUT2D eigenvalue weighted by Gasteiger charge is -2.21. The van der Waals surface area contributed by atoms with Crippen molar-refractivity contribution in [2.45, 2.75) is 31.2 Å². The standard InChI is InChI=1S/C18H24N4O.ClH/c1-13-6-4-5-7-15(13)18(8-9-18)12-20-17(23)16(19-2)14-10-21-22(3)11-14;/h4-7,10-11,16,19H,8-9,12H2,1-3H3,(H,20,23);1H. The summed E-state index contributed by atoms with van der Waals surface area (Å²) >= 11 is 0. The molecule has 1 unspecified atom stereocenters. The van der Waals surface area contributed by atoms with Gasteiger partial charge in [-0.25, -0.2) is 0 Å². The maximum absolute atomic E-state index is 12.6. The van der Waals surface area contributed by atoms with Gasteiger partial charge in [0.2, 0.25) is 5.91 Å². The Balaban J connectivity index is 0.00000208. The van der Waals surface area contributed by atoms with Gasteiger partial charge in [-0.05, 0) is 37.9 Å². The maximum atomic E-state index is 12.6. The van der Waals surface area contributed by atoms with Crippen LogP contribution in [-0.4, -0.2) is 29.3 Å². The van der Waals surface area contributed by atoms with Crippen molar-refractivity contribution < 1.29 is 4.79 Å². The second-order valence-corrected chi connectivity index (χ2v) is 6.48. The van der Waals surface area contributed by atoms with Gasteiger partial charge in [-0.1, -0.05) is 24.3 Å². The number of nitrogens with one attached hydrogen (secondary N) is 2. The number of hydrogen-bond acceptors (Lipinski definition) is 3. The minimum absolute atomic E-state index is 0. The van der Waals surface area contributed by atoms with E-state index in [1.807, 2.05) is 13.2 Å². The molecule has 130 valence electrons. The van der Waals surface area contributed by atoms with Crippen molar-refractivity contribution in [3.8, 4) is 0 Å². The van der Waals surface area contributed by atoms with E-state index in [2.05, 4.69) is 46.9 Å². The van der Waals surface area contributed by atoms with Crippen LogP contribution in [0.1, 0.15) is 35.6 Å². The molecule has 1 fully saturated rings. The summed E-state index contributed by atoms with van der Waals surface area (Å²) < 4.78 is 1.71. The van der Waals surface area contributed by atoms with Crippen molar-refractivity contribution in [2.75, 3.05) is 13.6 Å². The van der Waals surface area contributed by atoms with Crippen LogP contribution in [0.3, 0.4) is 0 Å². The summed E-state index contributed by atoms with van der Waals surface area (Å²) in [6.07, 6.45) is 5.87. The molecule has 1 aromatic heterocycles. The predicted octanol–water partition coefficient (Wildman–Crippen LogP) is 2.26. The topological polar surface area (TPSA) is 59.0 Å². The van der Waals surface area contributed by atoms with E-state index in [1.54, 1.807) is 17.9 Å². The van der Waals surface area contributed by atoms with Crippen LogP contribution in [0.25, 0.3) is 0 Å². The molecular formula is C18H25ClN4O. The Morgan fingerprint density at radius 3 is 2.62 bits per heavy atom. The monoisotopic (exact) mass is 348 g/mol. The van der Waals surface area contributed by atoms with Crippen LogP contribution in [0.15, 0.2) is 36.7 Å². The molecule has 5 nitrogen and oxygen atoms in total. The number of rotatable bonds is 6. The number of carbonyl (C=O) groups excluding carboxylic acids is 1. The number of aromatic nitrogens is 2. The second kappa shape index (κ2) is 7.36. The van der Waals surface area contributed by atoms with Gasteiger partial charge in [0, 0.05) is 30.8 Å². The first-order chi connectivity index (χ1) is 11.1. The molecular weight excluding hydrogens is 324 g/mol. The Kier molecular flexibility index (Phi) is 5.67. The lowest BCUT2D eigenvalue weighted by Crippen LogP contribution is -2.39. The Labute approximate surface area is 149 Å². The van der Waals surface area contributed by atoms with Gasteiger partial charge in [-0.2, -0.15) is 5.10 Å². The molecule has 2 aromatic rings.